The minimum Gasteiger partial charge on any atom is -0.455 e. The first-order valence-electron chi connectivity index (χ1n) is 14.6. The highest BCUT2D eigenvalue weighted by atomic mass is 35.5. The predicted molar refractivity (Wildman–Crippen MR) is 187 cm³/mol. The molecule has 3 aromatic heterocycles. The zero-order chi connectivity index (χ0) is 29.9. The van der Waals surface area contributed by atoms with Crippen molar-refractivity contribution in [2.75, 3.05) is 0 Å². The molecule has 4 nitrogen and oxygen atoms in total. The van der Waals surface area contributed by atoms with Gasteiger partial charge in [0.25, 0.3) is 0 Å². The zero-order valence-electron chi connectivity index (χ0n) is 23.7. The Balaban J connectivity index is 1.20. The number of benzene rings is 6. The van der Waals surface area contributed by atoms with Crippen LogP contribution >= 0.6 is 22.9 Å². The van der Waals surface area contributed by atoms with Crippen molar-refractivity contribution < 1.29 is 4.42 Å². The highest BCUT2D eigenvalue weighted by Gasteiger charge is 2.18. The normalized spacial score (nSPS) is 11.7. The topological polar surface area (TPSA) is 51.8 Å². The van der Waals surface area contributed by atoms with Gasteiger partial charge in [0, 0.05) is 36.5 Å². The first-order chi connectivity index (χ1) is 22.2. The van der Waals surface area contributed by atoms with E-state index in [1.54, 1.807) is 0 Å². The molecule has 0 bridgehead atoms. The van der Waals surface area contributed by atoms with Crippen molar-refractivity contribution >= 4 is 65.0 Å². The summed E-state index contributed by atoms with van der Waals surface area (Å²) in [4.78, 5) is 13.6. The molecule has 6 aromatic carbocycles. The first kappa shape index (κ1) is 26.1. The van der Waals surface area contributed by atoms with Gasteiger partial charge in [0.05, 0.1) is 5.56 Å². The van der Waals surface area contributed by atoms with Crippen LogP contribution in [0.25, 0.3) is 87.1 Å². The number of para-hydroxylation sites is 1. The molecule has 0 N–H and O–H groups in total. The molecule has 0 saturated heterocycles. The van der Waals surface area contributed by atoms with Crippen LogP contribution in [0, 0.1) is 0 Å². The van der Waals surface area contributed by atoms with E-state index < -0.39 is 0 Å². The molecule has 0 aliphatic carbocycles. The van der Waals surface area contributed by atoms with Crippen LogP contribution in [0.1, 0.15) is 0 Å². The molecule has 0 fully saturated rings. The number of fused-ring (bicyclic) bond motifs is 6. The standard InChI is InChI=1S/C39H22ClN3OS/c40-39-42-37(23-10-2-1-3-11-23)41-38(43-39)31-17-8-16-29-27-21-20-24(22-32(27)44-36(29)31)25-12-4-5-13-26(25)28-15-9-19-34-35(28)30-14-6-7-18-33(30)45-34/h1-22H. The smallest absolute Gasteiger partial charge is 0.226 e. The maximum absolute atomic E-state index is 6.60. The van der Waals surface area contributed by atoms with Gasteiger partial charge in [-0.1, -0.05) is 103 Å². The summed E-state index contributed by atoms with van der Waals surface area (Å²) >= 11 is 8.24. The third kappa shape index (κ3) is 4.32. The lowest BCUT2D eigenvalue weighted by Crippen LogP contribution is -1.97. The van der Waals surface area contributed by atoms with Crippen LogP contribution in [0.5, 0.6) is 0 Å². The quantitative estimate of drug-likeness (QED) is 0.198. The number of nitrogens with zero attached hydrogens (tertiary/aromatic N) is 3. The summed E-state index contributed by atoms with van der Waals surface area (Å²) in [6, 6.07) is 46.1. The van der Waals surface area contributed by atoms with E-state index in [2.05, 4.69) is 101 Å². The summed E-state index contributed by atoms with van der Waals surface area (Å²) in [7, 11) is 0. The average Bonchev–Trinajstić information content (AvgIpc) is 3.66. The second-order valence-electron chi connectivity index (χ2n) is 10.9. The number of thiophene rings is 1. The Morgan fingerprint density at radius 3 is 2.09 bits per heavy atom. The predicted octanol–water partition coefficient (Wildman–Crippen LogP) is 11.5. The van der Waals surface area contributed by atoms with Gasteiger partial charge in [-0.05, 0) is 64.2 Å². The van der Waals surface area contributed by atoms with Crippen molar-refractivity contribution in [3.63, 3.8) is 0 Å². The van der Waals surface area contributed by atoms with Crippen LogP contribution in [-0.4, -0.2) is 15.0 Å². The summed E-state index contributed by atoms with van der Waals surface area (Å²) in [5.74, 6) is 0.992. The third-order valence-corrected chi connectivity index (χ3v) is 9.62. The number of hydrogen-bond donors (Lipinski definition) is 0. The van der Waals surface area contributed by atoms with Crippen molar-refractivity contribution in [3.8, 4) is 45.0 Å². The molecule has 3 heterocycles. The summed E-state index contributed by atoms with van der Waals surface area (Å²) in [6.45, 7) is 0. The molecule has 9 aromatic rings. The Morgan fingerprint density at radius 1 is 0.489 bits per heavy atom. The van der Waals surface area contributed by atoms with E-state index in [1.165, 1.54) is 31.3 Å². The first-order valence-corrected chi connectivity index (χ1v) is 15.8. The van der Waals surface area contributed by atoms with Crippen molar-refractivity contribution in [3.05, 3.63) is 139 Å². The van der Waals surface area contributed by atoms with Crippen molar-refractivity contribution in [1.29, 1.82) is 0 Å². The van der Waals surface area contributed by atoms with E-state index in [9.17, 15) is 0 Å². The molecular weight excluding hydrogens is 594 g/mol. The minimum absolute atomic E-state index is 0.138. The molecule has 45 heavy (non-hydrogen) atoms. The molecule has 212 valence electrons. The monoisotopic (exact) mass is 615 g/mol. The van der Waals surface area contributed by atoms with E-state index in [1.807, 2.05) is 53.8 Å². The number of furan rings is 1. The largest absolute Gasteiger partial charge is 0.455 e. The lowest BCUT2D eigenvalue weighted by atomic mass is 9.91. The van der Waals surface area contributed by atoms with Crippen molar-refractivity contribution in [2.45, 2.75) is 0 Å². The van der Waals surface area contributed by atoms with Gasteiger partial charge in [-0.15, -0.1) is 11.3 Å². The Morgan fingerprint density at radius 2 is 1.18 bits per heavy atom. The number of hydrogen-bond acceptors (Lipinski definition) is 5. The molecule has 0 aliphatic rings. The molecule has 0 saturated carbocycles. The molecule has 0 spiro atoms. The molecule has 0 aliphatic heterocycles. The van der Waals surface area contributed by atoms with E-state index in [4.69, 9.17) is 21.0 Å². The highest BCUT2D eigenvalue weighted by Crippen LogP contribution is 2.44. The van der Waals surface area contributed by atoms with Gasteiger partial charge in [-0.25, -0.2) is 4.98 Å². The van der Waals surface area contributed by atoms with Gasteiger partial charge in [-0.2, -0.15) is 9.97 Å². The van der Waals surface area contributed by atoms with Gasteiger partial charge in [-0.3, -0.25) is 0 Å². The van der Waals surface area contributed by atoms with Gasteiger partial charge >= 0.3 is 0 Å². The summed E-state index contributed by atoms with van der Waals surface area (Å²) in [5, 5.41) is 4.75. The van der Waals surface area contributed by atoms with E-state index in [-0.39, 0.29) is 5.28 Å². The molecule has 0 radical (unpaired) electrons. The Kier molecular flexibility index (Phi) is 6.01. The molecular formula is C39H22ClN3OS. The van der Waals surface area contributed by atoms with Crippen LogP contribution in [-0.2, 0) is 0 Å². The number of aromatic nitrogens is 3. The lowest BCUT2D eigenvalue weighted by Gasteiger charge is -2.12. The van der Waals surface area contributed by atoms with E-state index in [0.717, 1.165) is 38.6 Å². The highest BCUT2D eigenvalue weighted by molar-refractivity contribution is 7.25. The Labute approximate surface area is 267 Å². The minimum atomic E-state index is 0.138. The fraction of sp³-hybridized carbons (Fsp3) is 0. The van der Waals surface area contributed by atoms with Gasteiger partial charge < -0.3 is 4.42 Å². The maximum atomic E-state index is 6.60. The molecule has 0 amide bonds. The summed E-state index contributed by atoms with van der Waals surface area (Å²) in [5.41, 5.74) is 7.81. The summed E-state index contributed by atoms with van der Waals surface area (Å²) < 4.78 is 9.19. The maximum Gasteiger partial charge on any atom is 0.226 e. The van der Waals surface area contributed by atoms with Gasteiger partial charge in [0.15, 0.2) is 11.6 Å². The van der Waals surface area contributed by atoms with Crippen LogP contribution in [0.2, 0.25) is 5.28 Å². The molecule has 0 atom stereocenters. The second kappa shape index (κ2) is 10.4. The van der Waals surface area contributed by atoms with Gasteiger partial charge in [0.1, 0.15) is 11.2 Å². The average molecular weight is 616 g/mol. The van der Waals surface area contributed by atoms with E-state index in [0.29, 0.717) is 17.2 Å². The summed E-state index contributed by atoms with van der Waals surface area (Å²) in [6.07, 6.45) is 0. The number of rotatable bonds is 4. The fourth-order valence-corrected chi connectivity index (χ4v) is 7.59. The third-order valence-electron chi connectivity index (χ3n) is 8.31. The Bertz CT molecular complexity index is 2570. The molecule has 0 unspecified atom stereocenters. The van der Waals surface area contributed by atoms with E-state index >= 15 is 0 Å². The molecule has 9 rings (SSSR count). The van der Waals surface area contributed by atoms with Crippen LogP contribution in [0.3, 0.4) is 0 Å². The van der Waals surface area contributed by atoms with Crippen molar-refractivity contribution in [1.82, 2.24) is 15.0 Å². The fourth-order valence-electron chi connectivity index (χ4n) is 6.30. The SMILES string of the molecule is Clc1nc(-c2ccccc2)nc(-c2cccc3c2oc2cc(-c4ccccc4-c4cccc5sc6ccccc6c45)ccc23)n1. The number of halogens is 1. The Hall–Kier alpha value is -5.36. The van der Waals surface area contributed by atoms with Gasteiger partial charge in [0.2, 0.25) is 5.28 Å². The van der Waals surface area contributed by atoms with Crippen molar-refractivity contribution in [2.24, 2.45) is 0 Å². The lowest BCUT2D eigenvalue weighted by molar-refractivity contribution is 0.669. The molecule has 6 heteroatoms. The van der Waals surface area contributed by atoms with Crippen LogP contribution in [0.4, 0.5) is 0 Å². The van der Waals surface area contributed by atoms with Crippen LogP contribution in [0.15, 0.2) is 138 Å². The van der Waals surface area contributed by atoms with Crippen LogP contribution < -0.4 is 0 Å². The zero-order valence-corrected chi connectivity index (χ0v) is 25.3. The second-order valence-corrected chi connectivity index (χ2v) is 12.4.